The minimum Gasteiger partial charge on any atom is -0.399 e. The molecule has 0 unspecified atom stereocenters. The lowest BCUT2D eigenvalue weighted by Crippen LogP contribution is -1.95. The molecule has 0 aliphatic carbocycles. The standard InChI is InChI=1S/C14H15BrN2/c1-9-3-5-13(10(2)7-9)17-14-6-4-11(16)8-12(14)15/h3-8,17H,16H2,1-2H3. The van der Waals surface area contributed by atoms with E-state index in [2.05, 4.69) is 53.3 Å². The van der Waals surface area contributed by atoms with Crippen molar-refractivity contribution in [2.24, 2.45) is 0 Å². The van der Waals surface area contributed by atoms with Crippen molar-refractivity contribution in [3.8, 4) is 0 Å². The van der Waals surface area contributed by atoms with Gasteiger partial charge in [-0.25, -0.2) is 0 Å². The third kappa shape index (κ3) is 2.80. The van der Waals surface area contributed by atoms with Crippen LogP contribution in [0.15, 0.2) is 40.9 Å². The quantitative estimate of drug-likeness (QED) is 0.805. The van der Waals surface area contributed by atoms with Gasteiger partial charge < -0.3 is 11.1 Å². The van der Waals surface area contributed by atoms with Crippen LogP contribution in [0.2, 0.25) is 0 Å². The van der Waals surface area contributed by atoms with Crippen molar-refractivity contribution < 1.29 is 0 Å². The zero-order chi connectivity index (χ0) is 12.4. The van der Waals surface area contributed by atoms with Gasteiger partial charge in [-0.1, -0.05) is 17.7 Å². The average Bonchev–Trinajstić information content (AvgIpc) is 2.25. The van der Waals surface area contributed by atoms with Gasteiger partial charge >= 0.3 is 0 Å². The topological polar surface area (TPSA) is 38.0 Å². The van der Waals surface area contributed by atoms with Crippen LogP contribution in [0.5, 0.6) is 0 Å². The van der Waals surface area contributed by atoms with Gasteiger partial charge in [0.15, 0.2) is 0 Å². The van der Waals surface area contributed by atoms with Crippen LogP contribution in [0.4, 0.5) is 17.1 Å². The maximum atomic E-state index is 5.71. The molecule has 2 aromatic rings. The van der Waals surface area contributed by atoms with E-state index in [0.717, 1.165) is 21.5 Å². The lowest BCUT2D eigenvalue weighted by molar-refractivity contribution is 1.37. The Labute approximate surface area is 110 Å². The number of rotatable bonds is 2. The number of aryl methyl sites for hydroxylation is 2. The summed E-state index contributed by atoms with van der Waals surface area (Å²) in [4.78, 5) is 0. The lowest BCUT2D eigenvalue weighted by Gasteiger charge is -2.12. The largest absolute Gasteiger partial charge is 0.399 e. The molecule has 0 radical (unpaired) electrons. The van der Waals surface area contributed by atoms with Crippen molar-refractivity contribution in [1.82, 2.24) is 0 Å². The van der Waals surface area contributed by atoms with Crippen molar-refractivity contribution in [2.75, 3.05) is 11.1 Å². The van der Waals surface area contributed by atoms with Gasteiger partial charge in [-0.05, 0) is 59.6 Å². The number of halogens is 1. The van der Waals surface area contributed by atoms with Gasteiger partial charge in [0.05, 0.1) is 5.69 Å². The third-order valence-corrected chi connectivity index (χ3v) is 3.30. The molecule has 0 saturated heterocycles. The van der Waals surface area contributed by atoms with Crippen LogP contribution in [0.3, 0.4) is 0 Å². The van der Waals surface area contributed by atoms with Gasteiger partial charge in [0.25, 0.3) is 0 Å². The van der Waals surface area contributed by atoms with E-state index in [1.165, 1.54) is 11.1 Å². The van der Waals surface area contributed by atoms with E-state index < -0.39 is 0 Å². The van der Waals surface area contributed by atoms with E-state index in [4.69, 9.17) is 5.73 Å². The zero-order valence-corrected chi connectivity index (χ0v) is 11.5. The molecule has 0 atom stereocenters. The molecule has 0 spiro atoms. The molecule has 0 saturated carbocycles. The fourth-order valence-electron chi connectivity index (χ4n) is 1.73. The summed E-state index contributed by atoms with van der Waals surface area (Å²) in [6.07, 6.45) is 0. The predicted octanol–water partition coefficient (Wildman–Crippen LogP) is 4.39. The molecule has 0 bridgehead atoms. The highest BCUT2D eigenvalue weighted by Gasteiger charge is 2.03. The van der Waals surface area contributed by atoms with Gasteiger partial charge in [-0.15, -0.1) is 0 Å². The van der Waals surface area contributed by atoms with Crippen LogP contribution in [-0.2, 0) is 0 Å². The SMILES string of the molecule is Cc1ccc(Nc2ccc(N)cc2Br)c(C)c1. The number of nitrogen functional groups attached to an aromatic ring is 1. The minimum atomic E-state index is 0.753. The van der Waals surface area contributed by atoms with E-state index in [0.29, 0.717) is 0 Å². The average molecular weight is 291 g/mol. The highest BCUT2D eigenvalue weighted by molar-refractivity contribution is 9.10. The van der Waals surface area contributed by atoms with Crippen LogP contribution in [-0.4, -0.2) is 0 Å². The molecular weight excluding hydrogens is 276 g/mol. The number of nitrogens with one attached hydrogen (secondary N) is 1. The molecule has 0 aromatic heterocycles. The molecule has 88 valence electrons. The van der Waals surface area contributed by atoms with E-state index in [9.17, 15) is 0 Å². The zero-order valence-electron chi connectivity index (χ0n) is 9.92. The lowest BCUT2D eigenvalue weighted by atomic mass is 10.1. The van der Waals surface area contributed by atoms with E-state index in [1.54, 1.807) is 0 Å². The first-order chi connectivity index (χ1) is 8.06. The molecule has 3 heteroatoms. The molecule has 17 heavy (non-hydrogen) atoms. The first-order valence-corrected chi connectivity index (χ1v) is 6.25. The van der Waals surface area contributed by atoms with Gasteiger partial charge in [-0.2, -0.15) is 0 Å². The second-order valence-electron chi connectivity index (χ2n) is 4.18. The Bertz CT molecular complexity index is 500. The summed E-state index contributed by atoms with van der Waals surface area (Å²) in [5.41, 5.74) is 11.1. The van der Waals surface area contributed by atoms with Crippen molar-refractivity contribution >= 4 is 33.0 Å². The van der Waals surface area contributed by atoms with Crippen LogP contribution in [0.1, 0.15) is 11.1 Å². The Morgan fingerprint density at radius 2 is 1.71 bits per heavy atom. The number of hydrogen-bond acceptors (Lipinski definition) is 2. The number of hydrogen-bond donors (Lipinski definition) is 2. The number of benzene rings is 2. The van der Waals surface area contributed by atoms with E-state index in [1.807, 2.05) is 18.2 Å². The summed E-state index contributed by atoms with van der Waals surface area (Å²) in [6, 6.07) is 12.1. The highest BCUT2D eigenvalue weighted by atomic mass is 79.9. The van der Waals surface area contributed by atoms with Crippen LogP contribution in [0, 0.1) is 13.8 Å². The monoisotopic (exact) mass is 290 g/mol. The fourth-order valence-corrected chi connectivity index (χ4v) is 2.23. The Hall–Kier alpha value is -1.48. The van der Waals surface area contributed by atoms with Crippen LogP contribution < -0.4 is 11.1 Å². The minimum absolute atomic E-state index is 0.753. The molecule has 0 aliphatic heterocycles. The molecule has 0 heterocycles. The summed E-state index contributed by atoms with van der Waals surface area (Å²) in [5.74, 6) is 0. The van der Waals surface area contributed by atoms with Crippen molar-refractivity contribution in [1.29, 1.82) is 0 Å². The maximum absolute atomic E-state index is 5.71. The van der Waals surface area contributed by atoms with Gasteiger partial charge in [0.1, 0.15) is 0 Å². The second kappa shape index (κ2) is 4.80. The van der Waals surface area contributed by atoms with Crippen molar-refractivity contribution in [2.45, 2.75) is 13.8 Å². The van der Waals surface area contributed by atoms with Crippen LogP contribution in [0.25, 0.3) is 0 Å². The van der Waals surface area contributed by atoms with E-state index in [-0.39, 0.29) is 0 Å². The van der Waals surface area contributed by atoms with Gasteiger partial charge in [0, 0.05) is 15.8 Å². The molecule has 3 N–H and O–H groups in total. The van der Waals surface area contributed by atoms with Crippen molar-refractivity contribution in [3.05, 3.63) is 52.0 Å². The molecule has 0 amide bonds. The molecule has 2 nitrogen and oxygen atoms in total. The summed E-state index contributed by atoms with van der Waals surface area (Å²) < 4.78 is 0.970. The Morgan fingerprint density at radius 1 is 1.00 bits per heavy atom. The van der Waals surface area contributed by atoms with E-state index >= 15 is 0 Å². The predicted molar refractivity (Wildman–Crippen MR) is 77.8 cm³/mol. The molecular formula is C14H15BrN2. The molecule has 0 fully saturated rings. The second-order valence-corrected chi connectivity index (χ2v) is 5.04. The highest BCUT2D eigenvalue weighted by Crippen LogP contribution is 2.29. The Kier molecular flexibility index (Phi) is 3.38. The molecule has 2 aromatic carbocycles. The number of nitrogens with two attached hydrogens (primary N) is 1. The fraction of sp³-hybridized carbons (Fsp3) is 0.143. The normalized spacial score (nSPS) is 10.3. The summed E-state index contributed by atoms with van der Waals surface area (Å²) in [6.45, 7) is 4.19. The summed E-state index contributed by atoms with van der Waals surface area (Å²) >= 11 is 3.50. The van der Waals surface area contributed by atoms with Gasteiger partial charge in [-0.3, -0.25) is 0 Å². The molecule has 0 aliphatic rings. The first-order valence-electron chi connectivity index (χ1n) is 5.45. The van der Waals surface area contributed by atoms with Gasteiger partial charge in [0.2, 0.25) is 0 Å². The summed E-state index contributed by atoms with van der Waals surface area (Å²) in [7, 11) is 0. The Balaban J connectivity index is 2.31. The molecule has 2 rings (SSSR count). The van der Waals surface area contributed by atoms with Crippen molar-refractivity contribution in [3.63, 3.8) is 0 Å². The maximum Gasteiger partial charge on any atom is 0.0530 e. The summed E-state index contributed by atoms with van der Waals surface area (Å²) in [5, 5.41) is 3.39. The smallest absolute Gasteiger partial charge is 0.0530 e. The third-order valence-electron chi connectivity index (χ3n) is 2.64. The Morgan fingerprint density at radius 3 is 2.35 bits per heavy atom. The first kappa shape index (κ1) is 12.0. The number of anilines is 3. The van der Waals surface area contributed by atoms with Crippen LogP contribution >= 0.6 is 15.9 Å².